The Bertz CT molecular complexity index is 299. The molecule has 1 rings (SSSR count). The van der Waals surface area contributed by atoms with Gasteiger partial charge in [-0.2, -0.15) is 0 Å². The van der Waals surface area contributed by atoms with Crippen molar-refractivity contribution in [2.45, 2.75) is 13.3 Å². The van der Waals surface area contributed by atoms with E-state index in [9.17, 15) is 0 Å². The van der Waals surface area contributed by atoms with Crippen LogP contribution in [0.15, 0.2) is 24.3 Å². The van der Waals surface area contributed by atoms with Crippen molar-refractivity contribution in [2.75, 3.05) is 40.1 Å². The van der Waals surface area contributed by atoms with E-state index in [4.69, 9.17) is 14.2 Å². The van der Waals surface area contributed by atoms with Gasteiger partial charge in [-0.25, -0.2) is 0 Å². The molecular weight excluding hydrogens is 216 g/mol. The fourth-order valence-electron chi connectivity index (χ4n) is 1.52. The highest BCUT2D eigenvalue weighted by Gasteiger charge is 1.94. The van der Waals surface area contributed by atoms with Crippen LogP contribution < -0.4 is 0 Å². The minimum absolute atomic E-state index is 0.636. The van der Waals surface area contributed by atoms with E-state index in [0.29, 0.717) is 26.4 Å². The minimum Gasteiger partial charge on any atom is -0.382 e. The fraction of sp³-hybridized carbons (Fsp3) is 0.571. The number of methoxy groups -OCH3 is 1. The van der Waals surface area contributed by atoms with Gasteiger partial charge in [0.1, 0.15) is 0 Å². The van der Waals surface area contributed by atoms with E-state index in [-0.39, 0.29) is 0 Å². The highest BCUT2D eigenvalue weighted by molar-refractivity contribution is 5.22. The van der Waals surface area contributed by atoms with Gasteiger partial charge in [-0.3, -0.25) is 0 Å². The summed E-state index contributed by atoms with van der Waals surface area (Å²) >= 11 is 0. The van der Waals surface area contributed by atoms with Gasteiger partial charge in [-0.1, -0.05) is 29.8 Å². The normalized spacial score (nSPS) is 10.7. The molecule has 0 spiro atoms. The smallest absolute Gasteiger partial charge is 0.0701 e. The first kappa shape index (κ1) is 14.2. The lowest BCUT2D eigenvalue weighted by molar-refractivity contribution is 0.0255. The largest absolute Gasteiger partial charge is 0.382 e. The second-order valence-corrected chi connectivity index (χ2v) is 3.96. The van der Waals surface area contributed by atoms with Crippen molar-refractivity contribution in [3.8, 4) is 0 Å². The third kappa shape index (κ3) is 7.10. The zero-order valence-electron chi connectivity index (χ0n) is 10.8. The highest BCUT2D eigenvalue weighted by atomic mass is 16.5. The summed E-state index contributed by atoms with van der Waals surface area (Å²) in [6, 6.07) is 8.51. The van der Waals surface area contributed by atoms with Crippen LogP contribution >= 0.6 is 0 Å². The molecule has 0 heterocycles. The molecule has 0 unspecified atom stereocenters. The number of ether oxygens (including phenoxy) is 3. The number of hydrogen-bond donors (Lipinski definition) is 0. The first-order valence-electron chi connectivity index (χ1n) is 6.03. The monoisotopic (exact) mass is 238 g/mol. The van der Waals surface area contributed by atoms with Gasteiger partial charge >= 0.3 is 0 Å². The van der Waals surface area contributed by atoms with Crippen LogP contribution in [0.4, 0.5) is 0 Å². The Morgan fingerprint density at radius 2 is 1.65 bits per heavy atom. The molecule has 17 heavy (non-hydrogen) atoms. The van der Waals surface area contributed by atoms with Crippen molar-refractivity contribution in [3.05, 3.63) is 35.4 Å². The van der Waals surface area contributed by atoms with Crippen LogP contribution in [0.2, 0.25) is 0 Å². The summed E-state index contributed by atoms with van der Waals surface area (Å²) in [5, 5.41) is 0. The van der Waals surface area contributed by atoms with E-state index < -0.39 is 0 Å². The Balaban J connectivity index is 1.97. The van der Waals surface area contributed by atoms with Crippen LogP contribution in [-0.4, -0.2) is 40.1 Å². The lowest BCUT2D eigenvalue weighted by Gasteiger charge is -2.06. The topological polar surface area (TPSA) is 27.7 Å². The maximum atomic E-state index is 5.49. The lowest BCUT2D eigenvalue weighted by atomic mass is 10.1. The van der Waals surface area contributed by atoms with Gasteiger partial charge < -0.3 is 14.2 Å². The number of hydrogen-bond acceptors (Lipinski definition) is 3. The minimum atomic E-state index is 0.636. The Labute approximate surface area is 104 Å². The van der Waals surface area contributed by atoms with Crippen molar-refractivity contribution in [2.24, 2.45) is 0 Å². The van der Waals surface area contributed by atoms with Crippen LogP contribution in [0, 0.1) is 6.92 Å². The predicted octanol–water partition coefficient (Wildman–Crippen LogP) is 2.22. The van der Waals surface area contributed by atoms with Crippen LogP contribution in [0.3, 0.4) is 0 Å². The summed E-state index contributed by atoms with van der Waals surface area (Å²) in [5.41, 5.74) is 2.62. The van der Waals surface area contributed by atoms with Crippen LogP contribution in [0.1, 0.15) is 11.1 Å². The number of rotatable bonds is 9. The maximum absolute atomic E-state index is 5.49. The van der Waals surface area contributed by atoms with Crippen molar-refractivity contribution in [3.63, 3.8) is 0 Å². The van der Waals surface area contributed by atoms with Gasteiger partial charge in [-0.05, 0) is 18.9 Å². The summed E-state index contributed by atoms with van der Waals surface area (Å²) in [4.78, 5) is 0. The molecule has 0 radical (unpaired) electrons. The first-order valence-corrected chi connectivity index (χ1v) is 6.03. The van der Waals surface area contributed by atoms with Gasteiger partial charge in [0, 0.05) is 7.11 Å². The average molecular weight is 238 g/mol. The van der Waals surface area contributed by atoms with Crippen molar-refractivity contribution < 1.29 is 14.2 Å². The molecule has 3 heteroatoms. The molecular formula is C14H22O3. The molecule has 0 aliphatic rings. The van der Waals surface area contributed by atoms with Gasteiger partial charge in [-0.15, -0.1) is 0 Å². The van der Waals surface area contributed by atoms with Crippen molar-refractivity contribution in [1.82, 2.24) is 0 Å². The molecule has 0 atom stereocenters. The molecule has 1 aromatic rings. The third-order valence-electron chi connectivity index (χ3n) is 2.42. The van der Waals surface area contributed by atoms with E-state index in [0.717, 1.165) is 13.0 Å². The molecule has 0 saturated heterocycles. The SMILES string of the molecule is COCCOCCOCCc1cccc(C)c1. The summed E-state index contributed by atoms with van der Waals surface area (Å²) in [6.07, 6.45) is 0.958. The molecule has 0 saturated carbocycles. The van der Waals surface area contributed by atoms with Gasteiger partial charge in [0.15, 0.2) is 0 Å². The quantitative estimate of drug-likeness (QED) is 0.617. The zero-order valence-corrected chi connectivity index (χ0v) is 10.8. The molecule has 0 bridgehead atoms. The molecule has 0 aliphatic carbocycles. The summed E-state index contributed by atoms with van der Waals surface area (Å²) in [7, 11) is 1.67. The highest BCUT2D eigenvalue weighted by Crippen LogP contribution is 2.04. The molecule has 0 aromatic heterocycles. The molecule has 3 nitrogen and oxygen atoms in total. The van der Waals surface area contributed by atoms with E-state index in [1.807, 2.05) is 0 Å². The maximum Gasteiger partial charge on any atom is 0.0701 e. The molecule has 1 aromatic carbocycles. The second kappa shape index (κ2) is 9.16. The molecule has 0 amide bonds. The number of benzene rings is 1. The van der Waals surface area contributed by atoms with E-state index >= 15 is 0 Å². The van der Waals surface area contributed by atoms with Crippen molar-refractivity contribution >= 4 is 0 Å². The Hall–Kier alpha value is -0.900. The molecule has 96 valence electrons. The van der Waals surface area contributed by atoms with Crippen LogP contribution in [0.5, 0.6) is 0 Å². The molecule has 0 N–H and O–H groups in total. The summed E-state index contributed by atoms with van der Waals surface area (Å²) < 4.78 is 15.7. The van der Waals surface area contributed by atoms with Gasteiger partial charge in [0.05, 0.1) is 33.0 Å². The molecule has 0 fully saturated rings. The van der Waals surface area contributed by atoms with Crippen molar-refractivity contribution in [1.29, 1.82) is 0 Å². The van der Waals surface area contributed by atoms with Crippen LogP contribution in [0.25, 0.3) is 0 Å². The Morgan fingerprint density at radius 3 is 2.35 bits per heavy atom. The third-order valence-corrected chi connectivity index (χ3v) is 2.42. The predicted molar refractivity (Wildman–Crippen MR) is 68.4 cm³/mol. The van der Waals surface area contributed by atoms with E-state index in [1.165, 1.54) is 11.1 Å². The fourth-order valence-corrected chi connectivity index (χ4v) is 1.52. The van der Waals surface area contributed by atoms with E-state index in [1.54, 1.807) is 7.11 Å². The summed E-state index contributed by atoms with van der Waals surface area (Å²) in [6.45, 7) is 5.42. The standard InChI is InChI=1S/C14H22O3/c1-13-4-3-5-14(12-13)6-7-16-10-11-17-9-8-15-2/h3-5,12H,6-11H2,1-2H3. The van der Waals surface area contributed by atoms with Gasteiger partial charge in [0.25, 0.3) is 0 Å². The Morgan fingerprint density at radius 1 is 0.941 bits per heavy atom. The zero-order chi connectivity index (χ0) is 12.3. The average Bonchev–Trinajstić information content (AvgIpc) is 2.33. The molecule has 0 aliphatic heterocycles. The second-order valence-electron chi connectivity index (χ2n) is 3.96. The first-order chi connectivity index (χ1) is 8.33. The lowest BCUT2D eigenvalue weighted by Crippen LogP contribution is -2.09. The summed E-state index contributed by atoms with van der Waals surface area (Å²) in [5.74, 6) is 0. The van der Waals surface area contributed by atoms with Crippen LogP contribution in [-0.2, 0) is 20.6 Å². The van der Waals surface area contributed by atoms with E-state index in [2.05, 4.69) is 31.2 Å². The number of aryl methyl sites for hydroxylation is 1. The Kier molecular flexibility index (Phi) is 7.63. The van der Waals surface area contributed by atoms with Gasteiger partial charge in [0.2, 0.25) is 0 Å².